The molecule has 1 atom stereocenters. The molecule has 1 rings (SSSR count). The van der Waals surface area contributed by atoms with Crippen LogP contribution >= 0.6 is 11.8 Å². The van der Waals surface area contributed by atoms with Crippen LogP contribution in [-0.4, -0.2) is 42.1 Å². The molecule has 1 unspecified atom stereocenters. The van der Waals surface area contributed by atoms with Gasteiger partial charge in [-0.25, -0.2) is 0 Å². The molecule has 0 bridgehead atoms. The lowest BCUT2D eigenvalue weighted by Crippen LogP contribution is -2.41. The van der Waals surface area contributed by atoms with Crippen molar-refractivity contribution in [3.05, 3.63) is 0 Å². The zero-order valence-corrected chi connectivity index (χ0v) is 8.07. The van der Waals surface area contributed by atoms with Crippen molar-refractivity contribution in [3.8, 4) is 0 Å². The fraction of sp³-hybridized carbons (Fsp3) is 0.875. The molecular weight excluding hydrogens is 177 g/mol. The number of alkyl halides is 1. The van der Waals surface area contributed by atoms with E-state index in [0.717, 1.165) is 24.6 Å². The lowest BCUT2D eigenvalue weighted by molar-refractivity contribution is -0.135. The zero-order valence-electron chi connectivity index (χ0n) is 7.25. The first-order valence-electron chi connectivity index (χ1n) is 4.18. The van der Waals surface area contributed by atoms with Crippen molar-refractivity contribution in [2.45, 2.75) is 6.92 Å². The number of nitrogens with zero attached hydrogens (tertiary/aromatic N) is 1. The van der Waals surface area contributed by atoms with E-state index in [9.17, 15) is 9.18 Å². The molecule has 70 valence electrons. The second-order valence-electron chi connectivity index (χ2n) is 2.99. The Morgan fingerprint density at radius 1 is 1.58 bits per heavy atom. The predicted molar refractivity (Wildman–Crippen MR) is 49.0 cm³/mol. The fourth-order valence-electron chi connectivity index (χ4n) is 1.16. The molecule has 0 aromatic rings. The summed E-state index contributed by atoms with van der Waals surface area (Å²) in [6.45, 7) is 2.67. The molecule has 2 nitrogen and oxygen atoms in total. The molecule has 0 radical (unpaired) electrons. The highest BCUT2D eigenvalue weighted by Crippen LogP contribution is 2.12. The van der Waals surface area contributed by atoms with Crippen LogP contribution in [0.15, 0.2) is 0 Å². The molecule has 1 saturated heterocycles. The molecular formula is C8H14FNOS. The molecule has 1 aliphatic heterocycles. The van der Waals surface area contributed by atoms with Crippen LogP contribution in [0.1, 0.15) is 6.92 Å². The van der Waals surface area contributed by atoms with Crippen LogP contribution in [0.4, 0.5) is 4.39 Å². The Morgan fingerprint density at radius 3 is 2.67 bits per heavy atom. The van der Waals surface area contributed by atoms with Crippen molar-refractivity contribution in [1.82, 2.24) is 4.90 Å². The van der Waals surface area contributed by atoms with Crippen molar-refractivity contribution in [1.29, 1.82) is 0 Å². The quantitative estimate of drug-likeness (QED) is 0.653. The van der Waals surface area contributed by atoms with Gasteiger partial charge in [0.05, 0.1) is 5.92 Å². The molecule has 0 aromatic heterocycles. The summed E-state index contributed by atoms with van der Waals surface area (Å²) >= 11 is 1.85. The Morgan fingerprint density at radius 2 is 2.17 bits per heavy atom. The van der Waals surface area contributed by atoms with Crippen molar-refractivity contribution in [3.63, 3.8) is 0 Å². The maximum Gasteiger partial charge on any atom is 0.228 e. The molecule has 1 fully saturated rings. The minimum absolute atomic E-state index is 0.0298. The van der Waals surface area contributed by atoms with Gasteiger partial charge in [-0.3, -0.25) is 9.18 Å². The molecule has 1 amide bonds. The van der Waals surface area contributed by atoms with Gasteiger partial charge in [-0.15, -0.1) is 0 Å². The van der Waals surface area contributed by atoms with Gasteiger partial charge in [-0.2, -0.15) is 11.8 Å². The van der Waals surface area contributed by atoms with Crippen LogP contribution in [0.5, 0.6) is 0 Å². The Kier molecular flexibility index (Phi) is 3.85. The number of carbonyl (C=O) groups excluding carboxylic acids is 1. The summed E-state index contributed by atoms with van der Waals surface area (Å²) in [5.74, 6) is 1.50. The molecule has 1 heterocycles. The van der Waals surface area contributed by atoms with Crippen molar-refractivity contribution in [2.75, 3.05) is 31.3 Å². The summed E-state index contributed by atoms with van der Waals surface area (Å²) in [7, 11) is 0. The first kappa shape index (κ1) is 9.84. The minimum Gasteiger partial charge on any atom is -0.341 e. The number of amides is 1. The standard InChI is InChI=1S/C8H14FNOS/c1-7(6-9)8(11)10-2-4-12-5-3-10/h7H,2-6H2,1H3. The van der Waals surface area contributed by atoms with E-state index < -0.39 is 12.6 Å². The Labute approximate surface area is 76.5 Å². The fourth-order valence-corrected chi connectivity index (χ4v) is 2.06. The molecule has 12 heavy (non-hydrogen) atoms. The highest BCUT2D eigenvalue weighted by Gasteiger charge is 2.21. The number of carbonyl (C=O) groups is 1. The number of rotatable bonds is 2. The lowest BCUT2D eigenvalue weighted by Gasteiger charge is -2.28. The van der Waals surface area contributed by atoms with E-state index >= 15 is 0 Å². The molecule has 4 heteroatoms. The third-order valence-corrected chi connectivity index (χ3v) is 2.92. The van der Waals surface area contributed by atoms with E-state index in [1.165, 1.54) is 0 Å². The highest BCUT2D eigenvalue weighted by atomic mass is 32.2. The summed E-state index contributed by atoms with van der Waals surface area (Å²) in [5, 5.41) is 0. The Bertz CT molecular complexity index is 159. The smallest absolute Gasteiger partial charge is 0.228 e. The van der Waals surface area contributed by atoms with E-state index in [1.807, 2.05) is 11.8 Å². The van der Waals surface area contributed by atoms with E-state index in [2.05, 4.69) is 0 Å². The van der Waals surface area contributed by atoms with Gasteiger partial charge < -0.3 is 4.90 Å². The van der Waals surface area contributed by atoms with Crippen LogP contribution in [0.3, 0.4) is 0 Å². The average molecular weight is 191 g/mol. The third kappa shape index (κ3) is 2.37. The minimum atomic E-state index is -0.539. The lowest BCUT2D eigenvalue weighted by atomic mass is 10.2. The molecule has 0 aromatic carbocycles. The molecule has 0 spiro atoms. The topological polar surface area (TPSA) is 20.3 Å². The van der Waals surface area contributed by atoms with Gasteiger partial charge in [-0.1, -0.05) is 6.92 Å². The summed E-state index contributed by atoms with van der Waals surface area (Å²) in [6, 6.07) is 0. The summed E-state index contributed by atoms with van der Waals surface area (Å²) < 4.78 is 12.1. The average Bonchev–Trinajstić information content (AvgIpc) is 2.17. The largest absolute Gasteiger partial charge is 0.341 e. The summed E-state index contributed by atoms with van der Waals surface area (Å²) in [6.07, 6.45) is 0. The summed E-state index contributed by atoms with van der Waals surface area (Å²) in [4.78, 5) is 13.2. The predicted octanol–water partition coefficient (Wildman–Crippen LogP) is 1.17. The van der Waals surface area contributed by atoms with Gasteiger partial charge in [0.1, 0.15) is 6.67 Å². The molecule has 0 saturated carbocycles. The molecule has 0 N–H and O–H groups in total. The van der Waals surface area contributed by atoms with Gasteiger partial charge in [0.2, 0.25) is 5.91 Å². The maximum absolute atomic E-state index is 12.1. The first-order chi connectivity index (χ1) is 5.75. The van der Waals surface area contributed by atoms with E-state index in [1.54, 1.807) is 11.8 Å². The SMILES string of the molecule is CC(CF)C(=O)N1CCSCC1. The van der Waals surface area contributed by atoms with Gasteiger partial charge >= 0.3 is 0 Å². The third-order valence-electron chi connectivity index (χ3n) is 1.98. The Hall–Kier alpha value is -0.250. The Balaban J connectivity index is 2.39. The highest BCUT2D eigenvalue weighted by molar-refractivity contribution is 7.99. The normalized spacial score (nSPS) is 20.7. The van der Waals surface area contributed by atoms with Gasteiger partial charge in [-0.05, 0) is 0 Å². The van der Waals surface area contributed by atoms with Gasteiger partial charge in [0.15, 0.2) is 0 Å². The number of hydrogen-bond donors (Lipinski definition) is 0. The van der Waals surface area contributed by atoms with Crippen LogP contribution in [0.2, 0.25) is 0 Å². The van der Waals surface area contributed by atoms with Crippen LogP contribution < -0.4 is 0 Å². The molecule has 1 aliphatic rings. The van der Waals surface area contributed by atoms with Crippen molar-refractivity contribution >= 4 is 17.7 Å². The second-order valence-corrected chi connectivity index (χ2v) is 4.22. The number of halogens is 1. The first-order valence-corrected chi connectivity index (χ1v) is 5.33. The van der Waals surface area contributed by atoms with E-state index in [0.29, 0.717) is 0 Å². The zero-order chi connectivity index (χ0) is 8.97. The number of hydrogen-bond acceptors (Lipinski definition) is 2. The van der Waals surface area contributed by atoms with Gasteiger partial charge in [0.25, 0.3) is 0 Å². The van der Waals surface area contributed by atoms with E-state index in [-0.39, 0.29) is 5.91 Å². The molecule has 0 aliphatic carbocycles. The second kappa shape index (κ2) is 4.70. The summed E-state index contributed by atoms with van der Waals surface area (Å²) in [5.41, 5.74) is 0. The van der Waals surface area contributed by atoms with Crippen molar-refractivity contribution in [2.24, 2.45) is 5.92 Å². The van der Waals surface area contributed by atoms with E-state index in [4.69, 9.17) is 0 Å². The van der Waals surface area contributed by atoms with Crippen LogP contribution in [0, 0.1) is 5.92 Å². The monoisotopic (exact) mass is 191 g/mol. The van der Waals surface area contributed by atoms with Gasteiger partial charge in [0, 0.05) is 24.6 Å². The maximum atomic E-state index is 12.1. The van der Waals surface area contributed by atoms with Crippen LogP contribution in [0.25, 0.3) is 0 Å². The number of thioether (sulfide) groups is 1. The van der Waals surface area contributed by atoms with Crippen LogP contribution in [-0.2, 0) is 4.79 Å². The van der Waals surface area contributed by atoms with Crippen molar-refractivity contribution < 1.29 is 9.18 Å².